The largest absolute Gasteiger partial charge is 0.479 e. The Morgan fingerprint density at radius 1 is 1.24 bits per heavy atom. The van der Waals surface area contributed by atoms with Gasteiger partial charge in [-0.3, -0.25) is 4.79 Å². The van der Waals surface area contributed by atoms with Crippen molar-refractivity contribution in [2.75, 3.05) is 0 Å². The van der Waals surface area contributed by atoms with E-state index in [-0.39, 0.29) is 17.9 Å². The fraction of sp³-hybridized carbons (Fsp3) is 0.500. The minimum atomic E-state index is -1.07. The molecule has 2 rings (SSSR count). The van der Waals surface area contributed by atoms with Crippen LogP contribution in [0.1, 0.15) is 42.9 Å². The van der Waals surface area contributed by atoms with E-state index in [1.807, 2.05) is 13.0 Å². The molecule has 0 bridgehead atoms. The molecule has 0 aliphatic heterocycles. The molecule has 0 spiro atoms. The molecule has 1 fully saturated rings. The first-order valence-electron chi connectivity index (χ1n) is 7.25. The van der Waals surface area contributed by atoms with Crippen molar-refractivity contribution in [3.05, 3.63) is 35.4 Å². The van der Waals surface area contributed by atoms with Crippen LogP contribution in [0.25, 0.3) is 0 Å². The van der Waals surface area contributed by atoms with Crippen molar-refractivity contribution in [3.63, 3.8) is 0 Å². The second kappa shape index (κ2) is 6.72. The molecule has 1 aliphatic carbocycles. The Labute approximate surface area is 124 Å². The van der Waals surface area contributed by atoms with Gasteiger partial charge >= 0.3 is 5.97 Å². The lowest BCUT2D eigenvalue weighted by Crippen LogP contribution is -2.39. The number of carbonyl (C=O) groups excluding carboxylic acids is 1. The van der Waals surface area contributed by atoms with Gasteiger partial charge in [0.2, 0.25) is 5.91 Å². The molecular formula is C16H21NO4. The van der Waals surface area contributed by atoms with Crippen LogP contribution in [0.4, 0.5) is 0 Å². The number of amides is 1. The molecule has 0 aromatic heterocycles. The highest BCUT2D eigenvalue weighted by Crippen LogP contribution is 2.25. The van der Waals surface area contributed by atoms with Gasteiger partial charge in [0.25, 0.3) is 0 Å². The number of carboxylic acid groups (broad SMARTS) is 1. The van der Waals surface area contributed by atoms with E-state index >= 15 is 0 Å². The zero-order valence-electron chi connectivity index (χ0n) is 12.1. The van der Waals surface area contributed by atoms with Gasteiger partial charge in [0.05, 0.1) is 6.10 Å². The van der Waals surface area contributed by atoms with E-state index in [2.05, 4.69) is 5.32 Å². The smallest absolute Gasteiger partial charge is 0.330 e. The lowest BCUT2D eigenvalue weighted by molar-refractivity contribution is -0.143. The van der Waals surface area contributed by atoms with Gasteiger partial charge in [0.1, 0.15) is 0 Å². The minimum Gasteiger partial charge on any atom is -0.479 e. The highest BCUT2D eigenvalue weighted by atomic mass is 16.4. The van der Waals surface area contributed by atoms with Crippen LogP contribution >= 0.6 is 0 Å². The maximum atomic E-state index is 12.2. The number of rotatable bonds is 4. The molecule has 1 saturated carbocycles. The Bertz CT molecular complexity index is 521. The Hall–Kier alpha value is -1.88. The number of carbonyl (C=O) groups is 2. The molecule has 0 unspecified atom stereocenters. The average Bonchev–Trinajstić information content (AvgIpc) is 2.45. The van der Waals surface area contributed by atoms with Crippen molar-refractivity contribution in [3.8, 4) is 0 Å². The summed E-state index contributed by atoms with van der Waals surface area (Å²) in [6.07, 6.45) is 2.07. The maximum absolute atomic E-state index is 12.2. The molecule has 0 radical (unpaired) electrons. The summed E-state index contributed by atoms with van der Waals surface area (Å²) in [6.45, 7) is 1.88. The maximum Gasteiger partial charge on any atom is 0.330 e. The molecule has 1 atom stereocenters. The van der Waals surface area contributed by atoms with E-state index in [9.17, 15) is 19.8 Å². The van der Waals surface area contributed by atoms with Crippen molar-refractivity contribution in [2.45, 2.75) is 44.8 Å². The van der Waals surface area contributed by atoms with Crippen LogP contribution in [0, 0.1) is 12.8 Å². The number of nitrogens with one attached hydrogen (secondary N) is 1. The lowest BCUT2D eigenvalue weighted by atomic mass is 9.86. The number of aryl methyl sites for hydroxylation is 1. The standard InChI is InChI=1S/C16H21NO4/c1-10-3-2-4-12(9-10)14(16(20)21)17-15(19)11-5-7-13(18)8-6-11/h2-4,9,11,13-14,18H,5-8H2,1H3,(H,17,19)(H,20,21)/t11?,13?,14-/m1/s1. The van der Waals surface area contributed by atoms with Gasteiger partial charge in [-0.05, 0) is 38.2 Å². The van der Waals surface area contributed by atoms with Crippen LogP contribution in [0.3, 0.4) is 0 Å². The summed E-state index contributed by atoms with van der Waals surface area (Å²) in [5.74, 6) is -1.51. The summed E-state index contributed by atoms with van der Waals surface area (Å²) < 4.78 is 0. The van der Waals surface area contributed by atoms with E-state index in [4.69, 9.17) is 0 Å². The predicted molar refractivity (Wildman–Crippen MR) is 77.7 cm³/mol. The van der Waals surface area contributed by atoms with Gasteiger partial charge in [0.15, 0.2) is 6.04 Å². The van der Waals surface area contributed by atoms with Crippen LogP contribution in [0.5, 0.6) is 0 Å². The minimum absolute atomic E-state index is 0.208. The molecule has 0 saturated heterocycles. The Morgan fingerprint density at radius 3 is 2.48 bits per heavy atom. The normalized spacial score (nSPS) is 23.3. The van der Waals surface area contributed by atoms with E-state index in [1.165, 1.54) is 0 Å². The zero-order valence-corrected chi connectivity index (χ0v) is 12.1. The van der Waals surface area contributed by atoms with Crippen molar-refractivity contribution < 1.29 is 19.8 Å². The second-order valence-corrected chi connectivity index (χ2v) is 5.70. The summed E-state index contributed by atoms with van der Waals surface area (Å²) in [5, 5.41) is 21.4. The molecule has 0 heterocycles. The third-order valence-electron chi connectivity index (χ3n) is 3.98. The number of hydrogen-bond acceptors (Lipinski definition) is 3. The summed E-state index contributed by atoms with van der Waals surface area (Å²) in [7, 11) is 0. The first-order chi connectivity index (χ1) is 9.97. The van der Waals surface area contributed by atoms with Crippen molar-refractivity contribution in [2.24, 2.45) is 5.92 Å². The molecular weight excluding hydrogens is 270 g/mol. The van der Waals surface area contributed by atoms with Crippen LogP contribution in [0.15, 0.2) is 24.3 Å². The summed E-state index contributed by atoms with van der Waals surface area (Å²) >= 11 is 0. The fourth-order valence-electron chi connectivity index (χ4n) is 2.74. The molecule has 5 heteroatoms. The van der Waals surface area contributed by atoms with Crippen molar-refractivity contribution in [1.29, 1.82) is 0 Å². The first-order valence-corrected chi connectivity index (χ1v) is 7.25. The zero-order chi connectivity index (χ0) is 15.4. The van der Waals surface area contributed by atoms with E-state index < -0.39 is 12.0 Å². The first kappa shape index (κ1) is 15.5. The van der Waals surface area contributed by atoms with Crippen LogP contribution in [-0.4, -0.2) is 28.2 Å². The Balaban J connectivity index is 2.06. The SMILES string of the molecule is Cc1cccc([C@@H](NC(=O)C2CCC(O)CC2)C(=O)O)c1. The van der Waals surface area contributed by atoms with Crippen LogP contribution in [-0.2, 0) is 9.59 Å². The average molecular weight is 291 g/mol. The Morgan fingerprint density at radius 2 is 1.90 bits per heavy atom. The monoisotopic (exact) mass is 291 g/mol. The number of hydrogen-bond donors (Lipinski definition) is 3. The molecule has 5 nitrogen and oxygen atoms in total. The van der Waals surface area contributed by atoms with Gasteiger partial charge in [-0.1, -0.05) is 29.8 Å². The molecule has 114 valence electrons. The number of aliphatic hydroxyl groups is 1. The predicted octanol–water partition coefficient (Wildman–Crippen LogP) is 1.79. The molecule has 21 heavy (non-hydrogen) atoms. The number of carboxylic acids is 1. The molecule has 1 aromatic rings. The summed E-state index contributed by atoms with van der Waals surface area (Å²) in [5.41, 5.74) is 1.53. The number of aliphatic hydroxyl groups excluding tert-OH is 1. The van der Waals surface area contributed by atoms with Gasteiger partial charge in [-0.2, -0.15) is 0 Å². The van der Waals surface area contributed by atoms with E-state index in [0.29, 0.717) is 31.2 Å². The lowest BCUT2D eigenvalue weighted by Gasteiger charge is -2.26. The summed E-state index contributed by atoms with van der Waals surface area (Å²) in [6, 6.07) is 6.11. The highest BCUT2D eigenvalue weighted by Gasteiger charge is 2.29. The third kappa shape index (κ3) is 4.04. The van der Waals surface area contributed by atoms with Gasteiger partial charge in [-0.15, -0.1) is 0 Å². The second-order valence-electron chi connectivity index (χ2n) is 5.70. The third-order valence-corrected chi connectivity index (χ3v) is 3.98. The number of benzene rings is 1. The van der Waals surface area contributed by atoms with Crippen molar-refractivity contribution >= 4 is 11.9 Å². The van der Waals surface area contributed by atoms with Gasteiger partial charge < -0.3 is 15.5 Å². The molecule has 1 amide bonds. The topological polar surface area (TPSA) is 86.6 Å². The van der Waals surface area contributed by atoms with Crippen LogP contribution < -0.4 is 5.32 Å². The quantitative estimate of drug-likeness (QED) is 0.789. The molecule has 1 aromatic carbocycles. The fourth-order valence-corrected chi connectivity index (χ4v) is 2.74. The Kier molecular flexibility index (Phi) is 4.96. The molecule has 3 N–H and O–H groups in total. The number of aliphatic carboxylic acids is 1. The van der Waals surface area contributed by atoms with E-state index in [1.54, 1.807) is 18.2 Å². The van der Waals surface area contributed by atoms with Gasteiger partial charge in [-0.25, -0.2) is 4.79 Å². The van der Waals surface area contributed by atoms with Gasteiger partial charge in [0, 0.05) is 5.92 Å². The van der Waals surface area contributed by atoms with E-state index in [0.717, 1.165) is 5.56 Å². The van der Waals surface area contributed by atoms with Crippen molar-refractivity contribution in [1.82, 2.24) is 5.32 Å². The highest BCUT2D eigenvalue weighted by molar-refractivity contribution is 5.85. The van der Waals surface area contributed by atoms with Crippen LogP contribution in [0.2, 0.25) is 0 Å². The summed E-state index contributed by atoms with van der Waals surface area (Å²) in [4.78, 5) is 23.6. The molecule has 1 aliphatic rings.